The van der Waals surface area contributed by atoms with Gasteiger partial charge in [0, 0.05) is 13.0 Å². The van der Waals surface area contributed by atoms with Gasteiger partial charge in [-0.1, -0.05) is 0 Å². The van der Waals surface area contributed by atoms with Gasteiger partial charge in [0.1, 0.15) is 11.5 Å². The Balaban J connectivity index is 3.15. The number of rotatable bonds is 3. The van der Waals surface area contributed by atoms with Gasteiger partial charge in [0.15, 0.2) is 0 Å². The van der Waals surface area contributed by atoms with Gasteiger partial charge in [-0.25, -0.2) is 0 Å². The van der Waals surface area contributed by atoms with E-state index in [9.17, 15) is 4.79 Å². The summed E-state index contributed by atoms with van der Waals surface area (Å²) in [5, 5.41) is 2.69. The Hall–Kier alpha value is -0.980. The highest BCUT2D eigenvalue weighted by atomic mass is 127. The lowest BCUT2D eigenvalue weighted by Gasteiger charge is -2.12. The van der Waals surface area contributed by atoms with Crippen molar-refractivity contribution in [3.05, 3.63) is 15.7 Å². The molecule has 1 aromatic carbocycles. The van der Waals surface area contributed by atoms with Crippen LogP contribution in [0.4, 0.5) is 5.69 Å². The Bertz CT molecular complexity index is 379. The first-order valence-electron chi connectivity index (χ1n) is 4.27. The molecule has 0 aliphatic heterocycles. The first-order chi connectivity index (χ1) is 7.08. The number of anilines is 1. The molecule has 1 rings (SSSR count). The molecule has 1 N–H and O–H groups in total. The largest absolute Gasteiger partial charge is 0.496 e. The van der Waals surface area contributed by atoms with Gasteiger partial charge in [-0.05, 0) is 28.7 Å². The number of hydrogen-bond acceptors (Lipinski definition) is 3. The van der Waals surface area contributed by atoms with Crippen LogP contribution in [0, 0.1) is 3.57 Å². The van der Waals surface area contributed by atoms with Gasteiger partial charge in [0.2, 0.25) is 5.91 Å². The predicted octanol–water partition coefficient (Wildman–Crippen LogP) is 2.27. The first-order valence-corrected chi connectivity index (χ1v) is 5.35. The van der Waals surface area contributed by atoms with Crippen LogP contribution in [0.2, 0.25) is 0 Å². The van der Waals surface area contributed by atoms with Crippen LogP contribution in [0.5, 0.6) is 11.5 Å². The molecule has 15 heavy (non-hydrogen) atoms. The Morgan fingerprint density at radius 3 is 2.33 bits per heavy atom. The van der Waals surface area contributed by atoms with Crippen molar-refractivity contribution in [3.8, 4) is 11.5 Å². The first kappa shape index (κ1) is 12.1. The monoisotopic (exact) mass is 321 g/mol. The van der Waals surface area contributed by atoms with E-state index in [4.69, 9.17) is 9.47 Å². The number of nitrogens with one attached hydrogen (secondary N) is 1. The Morgan fingerprint density at radius 2 is 1.87 bits per heavy atom. The highest BCUT2D eigenvalue weighted by Crippen LogP contribution is 2.33. The molecule has 0 heterocycles. The van der Waals surface area contributed by atoms with Crippen LogP contribution in [0.25, 0.3) is 0 Å². The van der Waals surface area contributed by atoms with E-state index in [-0.39, 0.29) is 5.91 Å². The van der Waals surface area contributed by atoms with Crippen LogP contribution in [0.3, 0.4) is 0 Å². The molecule has 1 aromatic rings. The second-order valence-corrected chi connectivity index (χ2v) is 4.03. The van der Waals surface area contributed by atoms with E-state index < -0.39 is 0 Å². The molecule has 0 bridgehead atoms. The molecule has 0 saturated carbocycles. The van der Waals surface area contributed by atoms with Crippen molar-refractivity contribution in [1.29, 1.82) is 0 Å². The smallest absolute Gasteiger partial charge is 0.221 e. The summed E-state index contributed by atoms with van der Waals surface area (Å²) in [6.45, 7) is 1.45. The van der Waals surface area contributed by atoms with E-state index in [0.29, 0.717) is 11.4 Å². The van der Waals surface area contributed by atoms with Crippen molar-refractivity contribution in [2.45, 2.75) is 6.92 Å². The average Bonchev–Trinajstić information content (AvgIpc) is 2.17. The van der Waals surface area contributed by atoms with Crippen LogP contribution in [-0.2, 0) is 4.79 Å². The summed E-state index contributed by atoms with van der Waals surface area (Å²) in [5.41, 5.74) is 0.648. The summed E-state index contributed by atoms with van der Waals surface area (Å²) >= 11 is 2.13. The lowest BCUT2D eigenvalue weighted by atomic mass is 10.2. The number of carbonyl (C=O) groups excluding carboxylic acids is 1. The van der Waals surface area contributed by atoms with E-state index in [1.807, 2.05) is 0 Å². The summed E-state index contributed by atoms with van der Waals surface area (Å²) < 4.78 is 11.2. The summed E-state index contributed by atoms with van der Waals surface area (Å²) in [6, 6.07) is 3.55. The fraction of sp³-hybridized carbons (Fsp3) is 0.300. The van der Waals surface area contributed by atoms with Gasteiger partial charge in [0.25, 0.3) is 0 Å². The van der Waals surface area contributed by atoms with Crippen LogP contribution in [-0.4, -0.2) is 20.1 Å². The standard InChI is InChI=1S/C10H12INO3/c1-6(13)12-8-4-7(11)9(14-2)5-10(8)15-3/h4-5H,1-3H3,(H,12,13). The Morgan fingerprint density at radius 1 is 1.27 bits per heavy atom. The molecular formula is C10H12INO3. The zero-order valence-corrected chi connectivity index (χ0v) is 10.9. The van der Waals surface area contributed by atoms with Crippen molar-refractivity contribution in [1.82, 2.24) is 0 Å². The molecule has 0 aromatic heterocycles. The van der Waals surface area contributed by atoms with Gasteiger partial charge in [-0.2, -0.15) is 0 Å². The molecule has 0 saturated heterocycles. The van der Waals surface area contributed by atoms with Gasteiger partial charge >= 0.3 is 0 Å². The zero-order valence-electron chi connectivity index (χ0n) is 8.76. The molecule has 82 valence electrons. The lowest BCUT2D eigenvalue weighted by Crippen LogP contribution is -2.07. The van der Waals surface area contributed by atoms with Gasteiger partial charge in [0.05, 0.1) is 23.5 Å². The van der Waals surface area contributed by atoms with E-state index in [1.54, 1.807) is 26.4 Å². The van der Waals surface area contributed by atoms with E-state index in [1.165, 1.54) is 6.92 Å². The third-order valence-corrected chi connectivity index (χ3v) is 2.63. The summed E-state index contributed by atoms with van der Waals surface area (Å²) in [7, 11) is 3.14. The van der Waals surface area contributed by atoms with Crippen LogP contribution in [0.15, 0.2) is 12.1 Å². The molecule has 0 aliphatic carbocycles. The highest BCUT2D eigenvalue weighted by molar-refractivity contribution is 14.1. The number of ether oxygens (including phenoxy) is 2. The van der Waals surface area contributed by atoms with Crippen molar-refractivity contribution < 1.29 is 14.3 Å². The van der Waals surface area contributed by atoms with Crippen LogP contribution < -0.4 is 14.8 Å². The zero-order chi connectivity index (χ0) is 11.4. The maximum Gasteiger partial charge on any atom is 0.221 e. The molecular weight excluding hydrogens is 309 g/mol. The summed E-state index contributed by atoms with van der Waals surface area (Å²) in [4.78, 5) is 10.9. The molecule has 4 nitrogen and oxygen atoms in total. The molecule has 0 aliphatic rings. The summed E-state index contributed by atoms with van der Waals surface area (Å²) in [5.74, 6) is 1.18. The third kappa shape index (κ3) is 2.98. The van der Waals surface area contributed by atoms with Gasteiger partial charge < -0.3 is 14.8 Å². The second kappa shape index (κ2) is 5.20. The van der Waals surface area contributed by atoms with Crippen LogP contribution in [0.1, 0.15) is 6.92 Å². The molecule has 1 amide bonds. The maximum atomic E-state index is 10.9. The molecule has 0 spiro atoms. The Kier molecular flexibility index (Phi) is 4.19. The van der Waals surface area contributed by atoms with Gasteiger partial charge in [-0.3, -0.25) is 4.79 Å². The van der Waals surface area contributed by atoms with Crippen molar-refractivity contribution in [3.63, 3.8) is 0 Å². The van der Waals surface area contributed by atoms with Gasteiger partial charge in [-0.15, -0.1) is 0 Å². The predicted molar refractivity (Wildman–Crippen MR) is 66.6 cm³/mol. The SMILES string of the molecule is COc1cc(OC)c(NC(C)=O)cc1I. The van der Waals surface area contributed by atoms with Crippen molar-refractivity contribution in [2.75, 3.05) is 19.5 Å². The van der Waals surface area contributed by atoms with Crippen molar-refractivity contribution >= 4 is 34.2 Å². The Labute approximate surface area is 102 Å². The minimum atomic E-state index is -0.130. The lowest BCUT2D eigenvalue weighted by molar-refractivity contribution is -0.114. The number of hydrogen-bond donors (Lipinski definition) is 1. The number of halogens is 1. The van der Waals surface area contributed by atoms with Crippen LogP contribution >= 0.6 is 22.6 Å². The second-order valence-electron chi connectivity index (χ2n) is 2.87. The minimum absolute atomic E-state index is 0.130. The molecule has 0 radical (unpaired) electrons. The number of carbonyl (C=O) groups is 1. The molecule has 0 atom stereocenters. The highest BCUT2D eigenvalue weighted by Gasteiger charge is 2.10. The summed E-state index contributed by atoms with van der Waals surface area (Å²) in [6.07, 6.45) is 0. The fourth-order valence-electron chi connectivity index (χ4n) is 1.15. The number of amides is 1. The van der Waals surface area contributed by atoms with E-state index in [2.05, 4.69) is 27.9 Å². The van der Waals surface area contributed by atoms with Crippen molar-refractivity contribution in [2.24, 2.45) is 0 Å². The van der Waals surface area contributed by atoms with E-state index in [0.717, 1.165) is 9.32 Å². The normalized spacial score (nSPS) is 9.60. The molecule has 0 unspecified atom stereocenters. The fourth-order valence-corrected chi connectivity index (χ4v) is 1.83. The third-order valence-electron chi connectivity index (χ3n) is 1.78. The maximum absolute atomic E-state index is 10.9. The topological polar surface area (TPSA) is 47.6 Å². The number of benzene rings is 1. The molecule has 5 heteroatoms. The minimum Gasteiger partial charge on any atom is -0.496 e. The quantitative estimate of drug-likeness (QED) is 0.869. The average molecular weight is 321 g/mol. The van der Waals surface area contributed by atoms with E-state index >= 15 is 0 Å². The molecule has 0 fully saturated rings. The number of methoxy groups -OCH3 is 2.